The molecule has 0 bridgehead atoms. The number of carboxylic acids is 1. The van der Waals surface area contributed by atoms with Crippen LogP contribution in [0.15, 0.2) is 48.5 Å². The van der Waals surface area contributed by atoms with Crippen molar-refractivity contribution >= 4 is 29.4 Å². The van der Waals surface area contributed by atoms with Crippen molar-refractivity contribution in [3.63, 3.8) is 0 Å². The first kappa shape index (κ1) is 18.7. The molecule has 7 nitrogen and oxygen atoms in total. The fraction of sp³-hybridized carbons (Fsp3) is 0.105. The van der Waals surface area contributed by atoms with Gasteiger partial charge >= 0.3 is 5.97 Å². The van der Waals surface area contributed by atoms with E-state index in [0.717, 1.165) is 0 Å². The molecule has 0 saturated carbocycles. The standard InChI is InChI=1S/C19H17NO6/c1-12(21)20-14-7-9-17(23)15(10-14)16(22)8-6-13-4-2-3-5-18(13)26-11-19(24)25/h2-10,23H,11H2,1H3,(H,20,21)(H,24,25)/b8-6+. The molecule has 0 radical (unpaired) electrons. The van der Waals surface area contributed by atoms with Gasteiger partial charge in [-0.2, -0.15) is 0 Å². The fourth-order valence-electron chi connectivity index (χ4n) is 2.16. The maximum absolute atomic E-state index is 12.4. The lowest BCUT2D eigenvalue weighted by Crippen LogP contribution is -2.10. The highest BCUT2D eigenvalue weighted by Crippen LogP contribution is 2.24. The van der Waals surface area contributed by atoms with E-state index >= 15 is 0 Å². The lowest BCUT2D eigenvalue weighted by Gasteiger charge is -2.07. The fourth-order valence-corrected chi connectivity index (χ4v) is 2.16. The first-order valence-corrected chi connectivity index (χ1v) is 7.63. The summed E-state index contributed by atoms with van der Waals surface area (Å²) in [6.45, 7) is 0.834. The van der Waals surface area contributed by atoms with Gasteiger partial charge in [0.05, 0.1) is 5.56 Å². The molecule has 0 aliphatic carbocycles. The zero-order chi connectivity index (χ0) is 19.1. The van der Waals surface area contributed by atoms with E-state index in [4.69, 9.17) is 9.84 Å². The third kappa shape index (κ3) is 5.20. The van der Waals surface area contributed by atoms with Crippen molar-refractivity contribution in [3.8, 4) is 11.5 Å². The molecule has 1 amide bonds. The Morgan fingerprint density at radius 3 is 2.58 bits per heavy atom. The number of rotatable bonds is 7. The highest BCUT2D eigenvalue weighted by atomic mass is 16.5. The Balaban J connectivity index is 2.22. The van der Waals surface area contributed by atoms with Crippen LogP contribution in [0.3, 0.4) is 0 Å². The Morgan fingerprint density at radius 2 is 1.88 bits per heavy atom. The van der Waals surface area contributed by atoms with Crippen molar-refractivity contribution < 1.29 is 29.3 Å². The van der Waals surface area contributed by atoms with E-state index in [1.165, 1.54) is 37.3 Å². The third-order valence-electron chi connectivity index (χ3n) is 3.27. The van der Waals surface area contributed by atoms with Crippen LogP contribution < -0.4 is 10.1 Å². The number of hydrogen-bond acceptors (Lipinski definition) is 5. The van der Waals surface area contributed by atoms with Crippen LogP contribution in [-0.2, 0) is 9.59 Å². The number of anilines is 1. The minimum atomic E-state index is -1.11. The van der Waals surface area contributed by atoms with Crippen molar-refractivity contribution in [2.75, 3.05) is 11.9 Å². The first-order valence-electron chi connectivity index (χ1n) is 7.63. The number of amides is 1. The molecule has 0 heterocycles. The monoisotopic (exact) mass is 355 g/mol. The van der Waals surface area contributed by atoms with Crippen molar-refractivity contribution in [2.45, 2.75) is 6.92 Å². The number of ether oxygens (including phenoxy) is 1. The second kappa shape index (κ2) is 8.48. The number of carboxylic acid groups (broad SMARTS) is 1. The van der Waals surface area contributed by atoms with E-state index in [-0.39, 0.29) is 17.2 Å². The average Bonchev–Trinajstić information content (AvgIpc) is 2.59. The smallest absolute Gasteiger partial charge is 0.341 e. The highest BCUT2D eigenvalue weighted by Gasteiger charge is 2.11. The van der Waals surface area contributed by atoms with E-state index in [9.17, 15) is 19.5 Å². The van der Waals surface area contributed by atoms with Crippen LogP contribution in [0.4, 0.5) is 5.69 Å². The zero-order valence-corrected chi connectivity index (χ0v) is 13.9. The molecule has 0 atom stereocenters. The Morgan fingerprint density at radius 1 is 1.15 bits per heavy atom. The molecule has 26 heavy (non-hydrogen) atoms. The largest absolute Gasteiger partial charge is 0.507 e. The summed E-state index contributed by atoms with van der Waals surface area (Å²) in [5, 5.41) is 21.1. The number of allylic oxidation sites excluding steroid dienone is 1. The Bertz CT molecular complexity index is 872. The van der Waals surface area contributed by atoms with E-state index in [1.807, 2.05) is 0 Å². The third-order valence-corrected chi connectivity index (χ3v) is 3.27. The maximum Gasteiger partial charge on any atom is 0.341 e. The molecule has 2 aromatic rings. The van der Waals surface area contributed by atoms with E-state index in [1.54, 1.807) is 24.3 Å². The Labute approximate surface area is 149 Å². The van der Waals surface area contributed by atoms with Gasteiger partial charge in [-0.3, -0.25) is 9.59 Å². The van der Waals surface area contributed by atoms with Crippen LogP contribution in [0.25, 0.3) is 6.08 Å². The number of benzene rings is 2. The van der Waals surface area contributed by atoms with Crippen LogP contribution in [0.2, 0.25) is 0 Å². The van der Waals surface area contributed by atoms with Gasteiger partial charge in [0.2, 0.25) is 5.91 Å². The molecule has 0 saturated heterocycles. The summed E-state index contributed by atoms with van der Waals surface area (Å²) in [7, 11) is 0. The SMILES string of the molecule is CC(=O)Nc1ccc(O)c(C(=O)/C=C/c2ccccc2OCC(=O)O)c1. The van der Waals surface area contributed by atoms with Crippen LogP contribution in [0.1, 0.15) is 22.8 Å². The van der Waals surface area contributed by atoms with Gasteiger partial charge in [-0.25, -0.2) is 4.79 Å². The van der Waals surface area contributed by atoms with Gasteiger partial charge in [0.1, 0.15) is 11.5 Å². The minimum Gasteiger partial charge on any atom is -0.507 e. The van der Waals surface area contributed by atoms with Crippen molar-refractivity contribution in [1.29, 1.82) is 0 Å². The van der Waals surface area contributed by atoms with Gasteiger partial charge in [-0.1, -0.05) is 18.2 Å². The molecule has 0 fully saturated rings. The summed E-state index contributed by atoms with van der Waals surface area (Å²) in [4.78, 5) is 34.1. The molecule has 3 N–H and O–H groups in total. The number of carbonyl (C=O) groups excluding carboxylic acids is 2. The number of aromatic hydroxyl groups is 1. The van der Waals surface area contributed by atoms with Gasteiger partial charge in [-0.15, -0.1) is 0 Å². The summed E-state index contributed by atoms with van der Waals surface area (Å²) in [5.41, 5.74) is 0.924. The van der Waals surface area contributed by atoms with Crippen LogP contribution in [0.5, 0.6) is 11.5 Å². The van der Waals surface area contributed by atoms with Gasteiger partial charge in [-0.05, 0) is 36.4 Å². The molecule has 2 rings (SSSR count). The topological polar surface area (TPSA) is 113 Å². The molecule has 0 aromatic heterocycles. The molecule has 2 aromatic carbocycles. The average molecular weight is 355 g/mol. The molecule has 134 valence electrons. The van der Waals surface area contributed by atoms with E-state index in [0.29, 0.717) is 17.0 Å². The predicted molar refractivity (Wildman–Crippen MR) is 95.3 cm³/mol. The zero-order valence-electron chi connectivity index (χ0n) is 13.9. The Kier molecular flexibility index (Phi) is 6.10. The maximum atomic E-state index is 12.4. The number of phenols is 1. The Hall–Kier alpha value is -3.61. The lowest BCUT2D eigenvalue weighted by molar-refractivity contribution is -0.139. The van der Waals surface area contributed by atoms with Gasteiger partial charge in [0.25, 0.3) is 0 Å². The normalized spacial score (nSPS) is 10.5. The number of para-hydroxylation sites is 1. The van der Waals surface area contributed by atoms with Gasteiger partial charge in [0.15, 0.2) is 12.4 Å². The summed E-state index contributed by atoms with van der Waals surface area (Å²) < 4.78 is 5.16. The van der Waals surface area contributed by atoms with Crippen LogP contribution >= 0.6 is 0 Å². The second-order valence-electron chi connectivity index (χ2n) is 5.33. The van der Waals surface area contributed by atoms with Crippen LogP contribution in [0, 0.1) is 0 Å². The summed E-state index contributed by atoms with van der Waals surface area (Å²) in [5.74, 6) is -1.80. The van der Waals surface area contributed by atoms with E-state index < -0.39 is 18.4 Å². The summed E-state index contributed by atoms with van der Waals surface area (Å²) >= 11 is 0. The van der Waals surface area contributed by atoms with Crippen molar-refractivity contribution in [3.05, 3.63) is 59.7 Å². The van der Waals surface area contributed by atoms with Crippen molar-refractivity contribution in [1.82, 2.24) is 0 Å². The number of nitrogens with one attached hydrogen (secondary N) is 1. The first-order chi connectivity index (χ1) is 12.4. The summed E-state index contributed by atoms with van der Waals surface area (Å²) in [6.07, 6.45) is 2.69. The molecule has 0 aliphatic rings. The lowest BCUT2D eigenvalue weighted by atomic mass is 10.1. The van der Waals surface area contributed by atoms with Crippen LogP contribution in [-0.4, -0.2) is 34.5 Å². The van der Waals surface area contributed by atoms with Gasteiger partial charge < -0.3 is 20.3 Å². The molecule has 0 unspecified atom stereocenters. The summed E-state index contributed by atoms with van der Waals surface area (Å²) in [6, 6.07) is 10.8. The number of hydrogen-bond donors (Lipinski definition) is 3. The van der Waals surface area contributed by atoms with E-state index in [2.05, 4.69) is 5.32 Å². The molecule has 0 aliphatic heterocycles. The molecule has 0 spiro atoms. The second-order valence-corrected chi connectivity index (χ2v) is 5.33. The molecular formula is C19H17NO6. The molecule has 7 heteroatoms. The van der Waals surface area contributed by atoms with Crippen molar-refractivity contribution in [2.24, 2.45) is 0 Å². The van der Waals surface area contributed by atoms with Gasteiger partial charge in [0, 0.05) is 18.2 Å². The molecular weight excluding hydrogens is 338 g/mol. The number of phenolic OH excluding ortho intramolecular Hbond substituents is 1. The predicted octanol–water partition coefficient (Wildman–Crippen LogP) is 2.71. The minimum absolute atomic E-state index is 0.0245. The highest BCUT2D eigenvalue weighted by molar-refractivity contribution is 6.09. The number of carbonyl (C=O) groups is 3. The quantitative estimate of drug-likeness (QED) is 0.400. The number of aliphatic carboxylic acids is 1. The number of ketones is 1.